The zero-order valence-electron chi connectivity index (χ0n) is 8.54. The Balaban J connectivity index is 2.85. The molecule has 2 N–H and O–H groups in total. The Labute approximate surface area is 92.6 Å². The molecule has 0 atom stereocenters. The van der Waals surface area contributed by atoms with Gasteiger partial charge in [0.05, 0.1) is 12.4 Å². The van der Waals surface area contributed by atoms with Gasteiger partial charge in [0.2, 0.25) is 0 Å². The molecule has 0 aliphatic heterocycles. The summed E-state index contributed by atoms with van der Waals surface area (Å²) in [6.07, 6.45) is 0. The van der Waals surface area contributed by atoms with Crippen molar-refractivity contribution in [2.24, 2.45) is 0 Å². The number of benzene rings is 2. The number of ether oxygens (including phenoxy) is 1. The summed E-state index contributed by atoms with van der Waals surface area (Å²) in [7, 11) is -2.79. The van der Waals surface area contributed by atoms with E-state index in [1.54, 1.807) is 24.3 Å². The Hall–Kier alpha value is -1.35. The van der Waals surface area contributed by atoms with E-state index in [4.69, 9.17) is 4.74 Å². The van der Waals surface area contributed by atoms with Gasteiger partial charge in [-0.25, -0.2) is 0 Å². The fraction of sp³-hybridized carbons (Fsp3) is 0.0909. The van der Waals surface area contributed by atoms with Crippen molar-refractivity contribution in [2.75, 3.05) is 7.11 Å². The minimum Gasteiger partial charge on any atom is -0.496 e. The lowest BCUT2D eigenvalue weighted by atomic mass is 10.1. The Bertz CT molecular complexity index is 573. The van der Waals surface area contributed by atoms with Crippen molar-refractivity contribution >= 4 is 23.7 Å². The van der Waals surface area contributed by atoms with E-state index >= 15 is 0 Å². The Morgan fingerprint density at radius 2 is 2.00 bits per heavy atom. The molecule has 16 heavy (non-hydrogen) atoms. The first-order chi connectivity index (χ1) is 7.54. The van der Waals surface area contributed by atoms with Crippen molar-refractivity contribution < 1.29 is 19.1 Å². The smallest absolute Gasteiger partial charge is 0.357 e. The molecule has 0 amide bonds. The molecule has 83 valence electrons. The van der Waals surface area contributed by atoms with Gasteiger partial charge >= 0.3 is 7.60 Å². The van der Waals surface area contributed by atoms with Crippen LogP contribution in [0.2, 0.25) is 0 Å². The predicted octanol–water partition coefficient (Wildman–Crippen LogP) is 1.45. The number of rotatable bonds is 2. The summed E-state index contributed by atoms with van der Waals surface area (Å²) in [5, 5.41) is 1.04. The van der Waals surface area contributed by atoms with Gasteiger partial charge in [0, 0.05) is 10.8 Å². The number of hydrogen-bond donors (Lipinski definition) is 2. The van der Waals surface area contributed by atoms with Crippen molar-refractivity contribution in [1.82, 2.24) is 0 Å². The summed E-state index contributed by atoms with van der Waals surface area (Å²) in [6.45, 7) is 0. The maximum absolute atomic E-state index is 11.3. The van der Waals surface area contributed by atoms with Crippen molar-refractivity contribution in [3.63, 3.8) is 0 Å². The maximum atomic E-state index is 11.3. The molecule has 1 radical (unpaired) electrons. The van der Waals surface area contributed by atoms with Gasteiger partial charge in [0.25, 0.3) is 0 Å². The summed E-state index contributed by atoms with van der Waals surface area (Å²) in [4.78, 5) is 18.4. The summed E-state index contributed by atoms with van der Waals surface area (Å²) in [6, 6.07) is 10.9. The van der Waals surface area contributed by atoms with Crippen LogP contribution in [0.3, 0.4) is 0 Å². The molecule has 0 saturated carbocycles. The minimum atomic E-state index is -4.31. The van der Waals surface area contributed by atoms with E-state index in [1.165, 1.54) is 13.2 Å². The first-order valence-corrected chi connectivity index (χ1v) is 6.19. The van der Waals surface area contributed by atoms with Crippen LogP contribution in [-0.2, 0) is 4.57 Å². The second-order valence-corrected chi connectivity index (χ2v) is 4.83. The molecule has 0 aliphatic rings. The zero-order valence-corrected chi connectivity index (χ0v) is 9.44. The fourth-order valence-corrected chi connectivity index (χ4v) is 2.37. The quantitative estimate of drug-likeness (QED) is 0.776. The molecule has 0 aliphatic carbocycles. The van der Waals surface area contributed by atoms with E-state index in [1.807, 2.05) is 0 Å². The Kier molecular flexibility index (Phi) is 2.72. The standard InChI is InChI=1S/C11H10O4P/c1-15-10-6-2-5-9-8(10)4-3-7-11(9)16(12,13)14/h2-6H,1H3,(H2,12,13,14). The van der Waals surface area contributed by atoms with Crippen molar-refractivity contribution in [3.8, 4) is 5.75 Å². The van der Waals surface area contributed by atoms with E-state index in [2.05, 4.69) is 6.07 Å². The van der Waals surface area contributed by atoms with Crippen LogP contribution in [0.1, 0.15) is 0 Å². The van der Waals surface area contributed by atoms with E-state index in [0.29, 0.717) is 16.5 Å². The molecule has 0 heterocycles. The van der Waals surface area contributed by atoms with Crippen LogP contribution in [0.25, 0.3) is 10.8 Å². The van der Waals surface area contributed by atoms with Crippen LogP contribution in [0, 0.1) is 6.07 Å². The first kappa shape index (κ1) is 11.1. The third kappa shape index (κ3) is 1.83. The highest BCUT2D eigenvalue weighted by Crippen LogP contribution is 2.37. The zero-order chi connectivity index (χ0) is 11.8. The number of hydrogen-bond acceptors (Lipinski definition) is 2. The average molecular weight is 237 g/mol. The first-order valence-electron chi connectivity index (χ1n) is 4.57. The second-order valence-electron chi connectivity index (χ2n) is 3.29. The van der Waals surface area contributed by atoms with Crippen molar-refractivity contribution in [3.05, 3.63) is 36.4 Å². The molecule has 0 bridgehead atoms. The van der Waals surface area contributed by atoms with Gasteiger partial charge < -0.3 is 14.5 Å². The highest BCUT2D eigenvalue weighted by atomic mass is 31.2. The van der Waals surface area contributed by atoms with Gasteiger partial charge in [-0.15, -0.1) is 0 Å². The summed E-state index contributed by atoms with van der Waals surface area (Å²) < 4.78 is 16.4. The van der Waals surface area contributed by atoms with Gasteiger partial charge in [0.1, 0.15) is 5.75 Å². The molecule has 0 aromatic heterocycles. The summed E-state index contributed by atoms with van der Waals surface area (Å²) >= 11 is 0. The molecule has 0 fully saturated rings. The SMILES string of the molecule is COc1cccc2c(P(=O)(O)O)[c]ccc12. The topological polar surface area (TPSA) is 66.8 Å². The fourth-order valence-electron chi connectivity index (χ4n) is 1.62. The van der Waals surface area contributed by atoms with Gasteiger partial charge in [-0.2, -0.15) is 0 Å². The molecule has 2 rings (SSSR count). The van der Waals surface area contributed by atoms with E-state index in [0.717, 1.165) is 0 Å². The lowest BCUT2D eigenvalue weighted by Gasteiger charge is -2.10. The van der Waals surface area contributed by atoms with Crippen molar-refractivity contribution in [2.45, 2.75) is 0 Å². The molecule has 2 aromatic carbocycles. The Morgan fingerprint density at radius 3 is 2.62 bits per heavy atom. The lowest BCUT2D eigenvalue weighted by Crippen LogP contribution is -2.05. The molecule has 0 unspecified atom stereocenters. The highest BCUT2D eigenvalue weighted by molar-refractivity contribution is 7.60. The third-order valence-corrected chi connectivity index (χ3v) is 3.26. The second kappa shape index (κ2) is 3.91. The molecule has 5 heteroatoms. The summed E-state index contributed by atoms with van der Waals surface area (Å²) in [5.41, 5.74) is 0. The van der Waals surface area contributed by atoms with Gasteiger partial charge in [-0.3, -0.25) is 4.57 Å². The normalized spacial score (nSPS) is 11.7. The lowest BCUT2D eigenvalue weighted by molar-refractivity contribution is 0.387. The summed E-state index contributed by atoms with van der Waals surface area (Å²) in [5.74, 6) is 0.584. The van der Waals surface area contributed by atoms with Crippen LogP contribution < -0.4 is 10.0 Å². The third-order valence-electron chi connectivity index (χ3n) is 2.30. The minimum absolute atomic E-state index is 0.0936. The maximum Gasteiger partial charge on any atom is 0.357 e. The molecule has 2 aromatic rings. The predicted molar refractivity (Wildman–Crippen MR) is 61.0 cm³/mol. The van der Waals surface area contributed by atoms with Crippen LogP contribution in [-0.4, -0.2) is 16.9 Å². The van der Waals surface area contributed by atoms with Crippen molar-refractivity contribution in [1.29, 1.82) is 0 Å². The average Bonchev–Trinajstić information content (AvgIpc) is 2.26. The van der Waals surface area contributed by atoms with E-state index in [9.17, 15) is 14.4 Å². The molecule has 0 saturated heterocycles. The number of fused-ring (bicyclic) bond motifs is 1. The van der Waals surface area contributed by atoms with Crippen LogP contribution in [0.15, 0.2) is 30.3 Å². The van der Waals surface area contributed by atoms with Gasteiger partial charge in [-0.1, -0.05) is 18.2 Å². The highest BCUT2D eigenvalue weighted by Gasteiger charge is 2.20. The molecule has 4 nitrogen and oxygen atoms in total. The van der Waals surface area contributed by atoms with Gasteiger partial charge in [-0.05, 0) is 18.2 Å². The van der Waals surface area contributed by atoms with E-state index in [-0.39, 0.29) is 5.30 Å². The van der Waals surface area contributed by atoms with E-state index < -0.39 is 7.60 Å². The monoisotopic (exact) mass is 237 g/mol. The van der Waals surface area contributed by atoms with Crippen LogP contribution >= 0.6 is 7.60 Å². The molecular weight excluding hydrogens is 227 g/mol. The van der Waals surface area contributed by atoms with Crippen LogP contribution in [0.5, 0.6) is 5.75 Å². The Morgan fingerprint density at radius 1 is 1.25 bits per heavy atom. The number of methoxy groups -OCH3 is 1. The molecule has 0 spiro atoms. The van der Waals surface area contributed by atoms with Crippen LogP contribution in [0.4, 0.5) is 0 Å². The largest absolute Gasteiger partial charge is 0.496 e. The molecular formula is C11H10O4P. The van der Waals surface area contributed by atoms with Gasteiger partial charge in [0.15, 0.2) is 0 Å².